The zero-order chi connectivity index (χ0) is 20.3. The number of benzene rings is 1. The Hall–Kier alpha value is -1.92. The van der Waals surface area contributed by atoms with Crippen LogP contribution in [0.4, 0.5) is 4.39 Å². The van der Waals surface area contributed by atoms with Gasteiger partial charge in [-0.05, 0) is 63.8 Å². The molecular weight excluding hydrogens is 381 g/mol. The fourth-order valence-corrected chi connectivity index (χ4v) is 4.19. The Morgan fingerprint density at radius 1 is 1.25 bits per heavy atom. The van der Waals surface area contributed by atoms with Gasteiger partial charge in [0.25, 0.3) is 11.5 Å². The van der Waals surface area contributed by atoms with E-state index in [0.29, 0.717) is 47.3 Å². The highest BCUT2D eigenvalue weighted by Crippen LogP contribution is 2.27. The van der Waals surface area contributed by atoms with Gasteiger partial charge in [-0.25, -0.2) is 4.39 Å². The van der Waals surface area contributed by atoms with E-state index in [2.05, 4.69) is 10.6 Å². The summed E-state index contributed by atoms with van der Waals surface area (Å²) in [5.74, 6) is -0.0114. The summed E-state index contributed by atoms with van der Waals surface area (Å²) in [7, 11) is 1.84. The number of alkyl halides is 1. The van der Waals surface area contributed by atoms with Gasteiger partial charge in [-0.1, -0.05) is 11.6 Å². The molecule has 1 aliphatic rings. The van der Waals surface area contributed by atoms with Crippen LogP contribution in [0.25, 0.3) is 10.8 Å². The van der Waals surface area contributed by atoms with Crippen molar-refractivity contribution >= 4 is 28.3 Å². The van der Waals surface area contributed by atoms with Gasteiger partial charge in [0.15, 0.2) is 0 Å². The quantitative estimate of drug-likeness (QED) is 0.767. The van der Waals surface area contributed by atoms with E-state index in [1.807, 2.05) is 14.0 Å². The fraction of sp³-hybridized carbons (Fsp3) is 0.524. The van der Waals surface area contributed by atoms with Crippen LogP contribution >= 0.6 is 11.6 Å². The zero-order valence-electron chi connectivity index (χ0n) is 16.3. The number of hydrogen-bond acceptors (Lipinski definition) is 3. The first kappa shape index (κ1) is 20.8. The Morgan fingerprint density at radius 3 is 2.64 bits per heavy atom. The molecule has 0 unspecified atom stereocenters. The maximum absolute atomic E-state index is 13.3. The minimum atomic E-state index is -0.716. The van der Waals surface area contributed by atoms with Crippen molar-refractivity contribution < 1.29 is 9.18 Å². The molecule has 1 aromatic heterocycles. The molecule has 152 valence electrons. The van der Waals surface area contributed by atoms with Crippen LogP contribution in [-0.2, 0) is 0 Å². The number of halogens is 2. The molecular formula is C21H27ClFN3O2. The number of nitrogens with one attached hydrogen (secondary N) is 2. The largest absolute Gasteiger partial charge is 0.352 e. The average molecular weight is 408 g/mol. The van der Waals surface area contributed by atoms with E-state index in [0.717, 1.165) is 12.8 Å². The summed E-state index contributed by atoms with van der Waals surface area (Å²) >= 11 is 6.31. The lowest BCUT2D eigenvalue weighted by atomic mass is 9.88. The van der Waals surface area contributed by atoms with E-state index < -0.39 is 6.17 Å². The van der Waals surface area contributed by atoms with Crippen molar-refractivity contribution in [3.05, 3.63) is 45.3 Å². The van der Waals surface area contributed by atoms with Crippen molar-refractivity contribution in [1.29, 1.82) is 0 Å². The van der Waals surface area contributed by atoms with Crippen molar-refractivity contribution in [3.63, 3.8) is 0 Å². The number of fused-ring (bicyclic) bond motifs is 1. The fourth-order valence-electron chi connectivity index (χ4n) is 3.94. The third-order valence-corrected chi connectivity index (χ3v) is 5.91. The van der Waals surface area contributed by atoms with Crippen LogP contribution in [0.5, 0.6) is 0 Å². The van der Waals surface area contributed by atoms with Crippen LogP contribution in [0, 0.1) is 5.92 Å². The van der Waals surface area contributed by atoms with Gasteiger partial charge in [0.1, 0.15) is 6.17 Å². The van der Waals surface area contributed by atoms with Crippen molar-refractivity contribution in [3.8, 4) is 0 Å². The first-order valence-corrected chi connectivity index (χ1v) is 10.2. The SMILES string of the molecule is CNC[C@@H](C)n1ccc2c(C(=O)NCC3CCC(F)CC3)c(Cl)ccc2c1=O. The second kappa shape index (κ2) is 9.05. The predicted molar refractivity (Wildman–Crippen MR) is 111 cm³/mol. The zero-order valence-corrected chi connectivity index (χ0v) is 17.1. The van der Waals surface area contributed by atoms with E-state index in [1.54, 1.807) is 29.0 Å². The Kier molecular flexibility index (Phi) is 6.73. The summed E-state index contributed by atoms with van der Waals surface area (Å²) < 4.78 is 14.9. The monoisotopic (exact) mass is 407 g/mol. The van der Waals surface area contributed by atoms with Gasteiger partial charge in [0.05, 0.1) is 10.6 Å². The maximum atomic E-state index is 13.3. The molecule has 7 heteroatoms. The third-order valence-electron chi connectivity index (χ3n) is 5.59. The molecule has 1 saturated carbocycles. The molecule has 1 aliphatic carbocycles. The van der Waals surface area contributed by atoms with Gasteiger partial charge in [0.2, 0.25) is 0 Å². The van der Waals surface area contributed by atoms with Crippen LogP contribution < -0.4 is 16.2 Å². The van der Waals surface area contributed by atoms with Gasteiger partial charge in [-0.2, -0.15) is 0 Å². The Labute approximate surface area is 169 Å². The third kappa shape index (κ3) is 4.39. The molecule has 5 nitrogen and oxygen atoms in total. The van der Waals surface area contributed by atoms with Crippen molar-refractivity contribution in [2.45, 2.75) is 44.8 Å². The number of rotatable bonds is 6. The topological polar surface area (TPSA) is 63.1 Å². The number of hydrogen-bond donors (Lipinski definition) is 2. The molecule has 1 aromatic carbocycles. The minimum absolute atomic E-state index is 0.0134. The minimum Gasteiger partial charge on any atom is -0.352 e. The molecule has 1 atom stereocenters. The van der Waals surface area contributed by atoms with Gasteiger partial charge < -0.3 is 15.2 Å². The normalized spacial score (nSPS) is 20.9. The number of nitrogens with zero attached hydrogens (tertiary/aromatic N) is 1. The number of aromatic nitrogens is 1. The lowest BCUT2D eigenvalue weighted by Crippen LogP contribution is -2.32. The summed E-state index contributed by atoms with van der Waals surface area (Å²) in [4.78, 5) is 25.7. The highest BCUT2D eigenvalue weighted by Gasteiger charge is 2.22. The summed E-state index contributed by atoms with van der Waals surface area (Å²) in [5, 5.41) is 7.33. The Bertz CT molecular complexity index is 906. The van der Waals surface area contributed by atoms with E-state index >= 15 is 0 Å². The molecule has 0 bridgehead atoms. The molecule has 1 amide bonds. The van der Waals surface area contributed by atoms with Crippen LogP contribution in [0.2, 0.25) is 5.02 Å². The number of carbonyl (C=O) groups excluding carboxylic acids is 1. The molecule has 3 rings (SSSR count). The van der Waals surface area contributed by atoms with Crippen LogP contribution in [0.1, 0.15) is 49.0 Å². The second-order valence-corrected chi connectivity index (χ2v) is 8.05. The van der Waals surface area contributed by atoms with Gasteiger partial charge in [0, 0.05) is 36.1 Å². The molecule has 0 radical (unpaired) electrons. The predicted octanol–water partition coefficient (Wildman–Crippen LogP) is 3.69. The molecule has 1 heterocycles. The lowest BCUT2D eigenvalue weighted by molar-refractivity contribution is 0.0941. The molecule has 0 saturated heterocycles. The van der Waals surface area contributed by atoms with Crippen LogP contribution in [-0.4, -0.2) is 36.8 Å². The Balaban J connectivity index is 1.86. The lowest BCUT2D eigenvalue weighted by Gasteiger charge is -2.24. The standard InChI is InChI=1S/C21H27ClFN3O2/c1-13(11-24-2)26-10-9-16-17(21(26)28)7-8-18(22)19(16)20(27)25-12-14-3-5-15(23)6-4-14/h7-10,13-15,24H,3-6,11-12H2,1-2H3,(H,25,27)/t13-,14?,15?/m1/s1. The first-order valence-electron chi connectivity index (χ1n) is 9.82. The maximum Gasteiger partial charge on any atom is 0.258 e. The van der Waals surface area contributed by atoms with Crippen molar-refractivity contribution in [2.24, 2.45) is 5.92 Å². The first-order chi connectivity index (χ1) is 13.4. The number of pyridine rings is 1. The molecule has 28 heavy (non-hydrogen) atoms. The summed E-state index contributed by atoms with van der Waals surface area (Å²) in [6.07, 6.45) is 3.66. The highest BCUT2D eigenvalue weighted by molar-refractivity contribution is 6.35. The summed E-state index contributed by atoms with van der Waals surface area (Å²) in [5.41, 5.74) is 0.177. The van der Waals surface area contributed by atoms with Crippen LogP contribution in [0.3, 0.4) is 0 Å². The van der Waals surface area contributed by atoms with E-state index in [4.69, 9.17) is 11.6 Å². The summed E-state index contributed by atoms with van der Waals surface area (Å²) in [6, 6.07) is 5.03. The number of amides is 1. The van der Waals surface area contributed by atoms with Crippen LogP contribution in [0.15, 0.2) is 29.2 Å². The van der Waals surface area contributed by atoms with E-state index in [-0.39, 0.29) is 23.4 Å². The Morgan fingerprint density at radius 2 is 1.96 bits per heavy atom. The van der Waals surface area contributed by atoms with Gasteiger partial charge in [-0.3, -0.25) is 9.59 Å². The summed E-state index contributed by atoms with van der Waals surface area (Å²) in [6.45, 7) is 3.11. The average Bonchev–Trinajstić information content (AvgIpc) is 2.67. The van der Waals surface area contributed by atoms with Gasteiger partial charge >= 0.3 is 0 Å². The van der Waals surface area contributed by atoms with Crippen molar-refractivity contribution in [2.75, 3.05) is 20.1 Å². The van der Waals surface area contributed by atoms with E-state index in [1.165, 1.54) is 0 Å². The molecule has 2 aromatic rings. The molecule has 0 spiro atoms. The smallest absolute Gasteiger partial charge is 0.258 e. The van der Waals surface area contributed by atoms with Gasteiger partial charge in [-0.15, -0.1) is 0 Å². The highest BCUT2D eigenvalue weighted by atomic mass is 35.5. The molecule has 2 N–H and O–H groups in total. The number of likely N-dealkylation sites (N-methyl/N-ethyl adjacent to an activating group) is 1. The van der Waals surface area contributed by atoms with Crippen molar-refractivity contribution in [1.82, 2.24) is 15.2 Å². The molecule has 0 aliphatic heterocycles. The number of carbonyl (C=O) groups is 1. The second-order valence-electron chi connectivity index (χ2n) is 7.65. The van der Waals surface area contributed by atoms with E-state index in [9.17, 15) is 14.0 Å². The molecule has 1 fully saturated rings.